The van der Waals surface area contributed by atoms with Gasteiger partial charge in [-0.1, -0.05) is 16.8 Å². The van der Waals surface area contributed by atoms with Crippen LogP contribution in [0.15, 0.2) is 24.4 Å². The quantitative estimate of drug-likeness (QED) is 0.786. The van der Waals surface area contributed by atoms with E-state index in [2.05, 4.69) is 15.3 Å². The molecule has 0 aliphatic carbocycles. The smallest absolute Gasteiger partial charge is 0.163 e. The summed E-state index contributed by atoms with van der Waals surface area (Å²) < 4.78 is 3.68. The Morgan fingerprint density at radius 1 is 1.37 bits per heavy atom. The topological polar surface area (TPSA) is 74.5 Å². The molecule has 0 fully saturated rings. The van der Waals surface area contributed by atoms with E-state index in [0.29, 0.717) is 18.1 Å². The average Bonchev–Trinajstić information content (AvgIpc) is 2.95. The van der Waals surface area contributed by atoms with Crippen LogP contribution in [0.3, 0.4) is 0 Å². The summed E-state index contributed by atoms with van der Waals surface area (Å²) in [5.41, 5.74) is 8.07. The first-order valence-electron chi connectivity index (χ1n) is 5.91. The van der Waals surface area contributed by atoms with Crippen molar-refractivity contribution in [2.45, 2.75) is 6.54 Å². The highest BCUT2D eigenvalue weighted by Crippen LogP contribution is 2.24. The van der Waals surface area contributed by atoms with Gasteiger partial charge in [0.1, 0.15) is 5.69 Å². The van der Waals surface area contributed by atoms with Gasteiger partial charge in [0.15, 0.2) is 5.82 Å². The summed E-state index contributed by atoms with van der Waals surface area (Å²) in [6.45, 7) is 1.17. The number of rotatable bonds is 3. The summed E-state index contributed by atoms with van der Waals surface area (Å²) in [5, 5.41) is 8.81. The molecule has 0 radical (unpaired) electrons. The van der Waals surface area contributed by atoms with Gasteiger partial charge in [-0.3, -0.25) is 4.68 Å². The van der Waals surface area contributed by atoms with Crippen LogP contribution in [-0.4, -0.2) is 31.1 Å². The van der Waals surface area contributed by atoms with Crippen LogP contribution in [0.1, 0.15) is 0 Å². The van der Waals surface area contributed by atoms with E-state index >= 15 is 0 Å². The molecule has 2 N–H and O–H groups in total. The largest absolute Gasteiger partial charge is 0.329 e. The summed E-state index contributed by atoms with van der Waals surface area (Å²) in [7, 11) is 1.94. The van der Waals surface area contributed by atoms with Crippen LogP contribution < -0.4 is 5.73 Å². The molecule has 0 aliphatic rings. The Labute approximate surface area is 114 Å². The molecule has 2 heterocycles. The minimum absolute atomic E-state index is 0.529. The summed E-state index contributed by atoms with van der Waals surface area (Å²) in [6.07, 6.45) is 1.84. The maximum absolute atomic E-state index is 5.98. The normalized spacial score (nSPS) is 11.3. The SMILES string of the molecule is Cn1c(-c2cn(CCN)nn2)nc2cc(Cl)ccc21. The summed E-state index contributed by atoms with van der Waals surface area (Å²) in [6, 6.07) is 5.63. The highest BCUT2D eigenvalue weighted by Gasteiger charge is 2.13. The van der Waals surface area contributed by atoms with Crippen molar-refractivity contribution >= 4 is 22.6 Å². The second kappa shape index (κ2) is 4.64. The second-order valence-electron chi connectivity index (χ2n) is 4.28. The van der Waals surface area contributed by atoms with Crippen LogP contribution >= 0.6 is 11.6 Å². The van der Waals surface area contributed by atoms with Crippen LogP contribution in [0.25, 0.3) is 22.6 Å². The van der Waals surface area contributed by atoms with E-state index in [1.54, 1.807) is 4.68 Å². The number of fused-ring (bicyclic) bond motifs is 1. The minimum atomic E-state index is 0.529. The van der Waals surface area contributed by atoms with Gasteiger partial charge in [-0.2, -0.15) is 0 Å². The molecule has 19 heavy (non-hydrogen) atoms. The van der Waals surface area contributed by atoms with Crippen molar-refractivity contribution in [3.8, 4) is 11.5 Å². The number of aryl methyl sites for hydroxylation is 1. The summed E-state index contributed by atoms with van der Waals surface area (Å²) in [5.74, 6) is 0.764. The van der Waals surface area contributed by atoms with E-state index in [0.717, 1.165) is 22.6 Å². The minimum Gasteiger partial charge on any atom is -0.329 e. The van der Waals surface area contributed by atoms with Gasteiger partial charge in [0.05, 0.1) is 23.8 Å². The maximum atomic E-state index is 5.98. The molecule has 0 saturated heterocycles. The molecule has 0 atom stereocenters. The van der Waals surface area contributed by atoms with Gasteiger partial charge in [0, 0.05) is 18.6 Å². The second-order valence-corrected chi connectivity index (χ2v) is 4.72. The van der Waals surface area contributed by atoms with Gasteiger partial charge in [-0.25, -0.2) is 4.98 Å². The third-order valence-electron chi connectivity index (χ3n) is 2.97. The van der Waals surface area contributed by atoms with E-state index in [4.69, 9.17) is 17.3 Å². The Balaban J connectivity index is 2.10. The summed E-state index contributed by atoms with van der Waals surface area (Å²) in [4.78, 5) is 4.55. The third kappa shape index (κ3) is 2.09. The van der Waals surface area contributed by atoms with E-state index in [9.17, 15) is 0 Å². The third-order valence-corrected chi connectivity index (χ3v) is 3.20. The van der Waals surface area contributed by atoms with Gasteiger partial charge in [-0.05, 0) is 18.2 Å². The zero-order valence-corrected chi connectivity index (χ0v) is 11.2. The van der Waals surface area contributed by atoms with E-state index in [1.165, 1.54) is 0 Å². The van der Waals surface area contributed by atoms with Gasteiger partial charge in [0.25, 0.3) is 0 Å². The number of benzene rings is 1. The van der Waals surface area contributed by atoms with Crippen LogP contribution in [0, 0.1) is 0 Å². The van der Waals surface area contributed by atoms with Crippen molar-refractivity contribution in [1.82, 2.24) is 24.5 Å². The Kier molecular flexibility index (Phi) is 2.96. The average molecular weight is 277 g/mol. The number of aromatic nitrogens is 5. The Morgan fingerprint density at radius 3 is 3.00 bits per heavy atom. The van der Waals surface area contributed by atoms with Gasteiger partial charge >= 0.3 is 0 Å². The van der Waals surface area contributed by atoms with Crippen molar-refractivity contribution < 1.29 is 0 Å². The lowest BCUT2D eigenvalue weighted by Crippen LogP contribution is -2.10. The molecule has 0 amide bonds. The molecule has 0 unspecified atom stereocenters. The number of nitrogens with two attached hydrogens (primary N) is 1. The van der Waals surface area contributed by atoms with Crippen LogP contribution in [-0.2, 0) is 13.6 Å². The molecule has 1 aromatic carbocycles. The Bertz CT molecular complexity index is 729. The fourth-order valence-corrected chi connectivity index (χ4v) is 2.21. The van der Waals surface area contributed by atoms with Crippen molar-refractivity contribution in [3.63, 3.8) is 0 Å². The Morgan fingerprint density at radius 2 is 2.21 bits per heavy atom. The van der Waals surface area contributed by atoms with Crippen LogP contribution in [0.4, 0.5) is 0 Å². The predicted molar refractivity (Wildman–Crippen MR) is 73.8 cm³/mol. The molecular weight excluding hydrogens is 264 g/mol. The van der Waals surface area contributed by atoms with Crippen LogP contribution in [0.2, 0.25) is 5.02 Å². The number of nitrogens with zero attached hydrogens (tertiary/aromatic N) is 5. The van der Waals surface area contributed by atoms with Crippen molar-refractivity contribution in [1.29, 1.82) is 0 Å². The molecule has 3 rings (SSSR count). The lowest BCUT2D eigenvalue weighted by molar-refractivity contribution is 0.598. The fourth-order valence-electron chi connectivity index (χ4n) is 2.04. The van der Waals surface area contributed by atoms with Crippen molar-refractivity contribution in [3.05, 3.63) is 29.4 Å². The Hall–Kier alpha value is -1.92. The molecule has 2 aromatic heterocycles. The van der Waals surface area contributed by atoms with Crippen molar-refractivity contribution in [2.75, 3.05) is 6.54 Å². The maximum Gasteiger partial charge on any atom is 0.163 e. The summed E-state index contributed by atoms with van der Waals surface area (Å²) >= 11 is 5.98. The molecule has 98 valence electrons. The van der Waals surface area contributed by atoms with Crippen molar-refractivity contribution in [2.24, 2.45) is 12.8 Å². The van der Waals surface area contributed by atoms with Gasteiger partial charge < -0.3 is 10.3 Å². The highest BCUT2D eigenvalue weighted by molar-refractivity contribution is 6.31. The van der Waals surface area contributed by atoms with Gasteiger partial charge in [-0.15, -0.1) is 5.10 Å². The lowest BCUT2D eigenvalue weighted by atomic mass is 10.3. The molecule has 7 heteroatoms. The molecule has 0 aliphatic heterocycles. The predicted octanol–water partition coefficient (Wildman–Crippen LogP) is 1.44. The van der Waals surface area contributed by atoms with Crippen LogP contribution in [0.5, 0.6) is 0 Å². The van der Waals surface area contributed by atoms with E-state index in [-0.39, 0.29) is 0 Å². The number of hydrogen-bond acceptors (Lipinski definition) is 4. The monoisotopic (exact) mass is 276 g/mol. The molecule has 0 saturated carbocycles. The van der Waals surface area contributed by atoms with E-state index < -0.39 is 0 Å². The fraction of sp³-hybridized carbons (Fsp3) is 0.250. The standard InChI is InChI=1S/C12H13ClN6/c1-18-11-3-2-8(13)6-9(11)15-12(18)10-7-19(5-4-14)17-16-10/h2-3,6-7H,4-5,14H2,1H3. The number of hydrogen-bond donors (Lipinski definition) is 1. The molecule has 0 spiro atoms. The molecule has 6 nitrogen and oxygen atoms in total. The highest BCUT2D eigenvalue weighted by atomic mass is 35.5. The first-order chi connectivity index (χ1) is 9.19. The first-order valence-corrected chi connectivity index (χ1v) is 6.29. The number of imidazole rings is 1. The number of halogens is 1. The van der Waals surface area contributed by atoms with Gasteiger partial charge in [0.2, 0.25) is 0 Å². The van der Waals surface area contributed by atoms with E-state index in [1.807, 2.05) is 36.0 Å². The molecular formula is C12H13ClN6. The molecule has 3 aromatic rings. The first kappa shape index (κ1) is 12.1. The zero-order chi connectivity index (χ0) is 13.4. The zero-order valence-electron chi connectivity index (χ0n) is 10.4. The molecule has 0 bridgehead atoms. The lowest BCUT2D eigenvalue weighted by Gasteiger charge is -1.98.